The van der Waals surface area contributed by atoms with E-state index < -0.39 is 91.8 Å². The van der Waals surface area contributed by atoms with E-state index >= 15 is 0 Å². The summed E-state index contributed by atoms with van der Waals surface area (Å²) >= 11 is 0. The molecular weight excluding hydrogens is 700 g/mol. The number of nitriles is 2. The van der Waals surface area contributed by atoms with Gasteiger partial charge >= 0.3 is 24.7 Å². The largest absolute Gasteiger partial charge is 0.454 e. The van der Waals surface area contributed by atoms with Gasteiger partial charge in [-0.25, -0.2) is 20.2 Å². The molecule has 0 aliphatic carbocycles. The van der Waals surface area contributed by atoms with Crippen LogP contribution in [0.3, 0.4) is 0 Å². The molecule has 50 heavy (non-hydrogen) atoms. The summed E-state index contributed by atoms with van der Waals surface area (Å²) in [6, 6.07) is 7.15. The summed E-state index contributed by atoms with van der Waals surface area (Å²) in [6.45, 7) is 15.0. The molecule has 0 aromatic heterocycles. The van der Waals surface area contributed by atoms with Crippen molar-refractivity contribution in [2.45, 2.75) is 24.7 Å². The molecule has 0 saturated heterocycles. The lowest BCUT2D eigenvalue weighted by Gasteiger charge is -2.20. The minimum atomic E-state index is -5.44. The summed E-state index contributed by atoms with van der Waals surface area (Å²) < 4.78 is 175. The van der Waals surface area contributed by atoms with E-state index in [4.69, 9.17) is 22.6 Å². The number of alkyl halides is 12. The first-order chi connectivity index (χ1) is 23.1. The zero-order chi connectivity index (χ0) is 37.4. The van der Waals surface area contributed by atoms with E-state index in [2.05, 4.69) is 9.69 Å². The fraction of sp³-hybridized carbons (Fsp3) is 0.125. The standard InChI is InChI=1S/C32H10F12N4O2/c1-47-23(13-45)25-21-5-3-4-6-22(21)26(24(14-46)48-2)28(50-20-11-17(31(39,40)41)8-18(12-20)32(42,43)44)27(25)49-19-9-15(29(33,34)35)7-16(10-19)30(36,37)38/h3-12H. The van der Waals surface area contributed by atoms with E-state index in [1.54, 1.807) is 0 Å². The lowest BCUT2D eigenvalue weighted by Crippen LogP contribution is -2.21. The third-order valence-electron chi connectivity index (χ3n) is 6.60. The maximum absolute atomic E-state index is 13.7. The van der Waals surface area contributed by atoms with E-state index in [0.717, 1.165) is 12.1 Å². The molecule has 0 spiro atoms. The summed E-state index contributed by atoms with van der Waals surface area (Å²) in [7, 11) is 0. The SMILES string of the molecule is [C-]#[N+]C(C#N)=c1c(Oc2cc(C(F)(F)F)cc(C(F)(F)F)c2)c(Oc2cc(C(F)(F)F)cc(C(F)(F)F)c2)c(=C(C#N)[N+]#[C-])c2ccccc12. The van der Waals surface area contributed by atoms with E-state index in [1.807, 2.05) is 0 Å². The Morgan fingerprint density at radius 3 is 1.02 bits per heavy atom. The molecule has 0 aliphatic rings. The second-order valence-corrected chi connectivity index (χ2v) is 9.79. The predicted octanol–water partition coefficient (Wildman–Crippen LogP) is 9.60. The van der Waals surface area contributed by atoms with Gasteiger partial charge in [-0.1, -0.05) is 24.3 Å². The molecule has 0 bridgehead atoms. The second kappa shape index (κ2) is 12.9. The van der Waals surface area contributed by atoms with Crippen LogP contribution in [-0.4, -0.2) is 0 Å². The van der Waals surface area contributed by atoms with Gasteiger partial charge < -0.3 is 9.47 Å². The van der Waals surface area contributed by atoms with Gasteiger partial charge in [-0.05, 0) is 47.2 Å². The zero-order valence-electron chi connectivity index (χ0n) is 23.9. The van der Waals surface area contributed by atoms with Gasteiger partial charge in [0, 0.05) is 10.4 Å². The van der Waals surface area contributed by atoms with Crippen LogP contribution < -0.4 is 19.9 Å². The Kier molecular flexibility index (Phi) is 9.40. The van der Waals surface area contributed by atoms with E-state index in [0.29, 0.717) is 0 Å². The minimum Gasteiger partial charge on any atom is -0.454 e. The summed E-state index contributed by atoms with van der Waals surface area (Å²) in [4.78, 5) is 5.96. The van der Waals surface area contributed by atoms with Gasteiger partial charge in [0.25, 0.3) is 11.4 Å². The monoisotopic (exact) mass is 710 g/mol. The predicted molar refractivity (Wildman–Crippen MR) is 147 cm³/mol. The molecule has 0 unspecified atom stereocenters. The summed E-state index contributed by atoms with van der Waals surface area (Å²) in [5, 5.41) is 17.4. The van der Waals surface area contributed by atoms with Crippen molar-refractivity contribution in [3.05, 3.63) is 116 Å². The van der Waals surface area contributed by atoms with Crippen LogP contribution in [0.1, 0.15) is 22.3 Å². The van der Waals surface area contributed by atoms with Gasteiger partial charge in [0.05, 0.1) is 47.5 Å². The van der Waals surface area contributed by atoms with E-state index in [1.165, 1.54) is 24.3 Å². The molecule has 0 amide bonds. The van der Waals surface area contributed by atoms with Crippen molar-refractivity contribution in [2.75, 3.05) is 0 Å². The molecule has 0 aliphatic heterocycles. The van der Waals surface area contributed by atoms with Crippen molar-refractivity contribution in [3.8, 4) is 35.1 Å². The quantitative estimate of drug-likeness (QED) is 0.156. The fourth-order valence-electron chi connectivity index (χ4n) is 4.54. The number of nitrogens with zero attached hydrogens (tertiary/aromatic N) is 4. The molecular formula is C32H10F12N4O2. The van der Waals surface area contributed by atoms with Crippen molar-refractivity contribution in [3.63, 3.8) is 0 Å². The molecule has 18 heteroatoms. The number of rotatable bonds is 4. The van der Waals surface area contributed by atoms with Crippen LogP contribution in [0.2, 0.25) is 0 Å². The molecule has 4 rings (SSSR count). The van der Waals surface area contributed by atoms with Crippen LogP contribution in [0.5, 0.6) is 23.0 Å². The Labute approximate surface area is 271 Å². The molecule has 6 nitrogen and oxygen atoms in total. The smallest absolute Gasteiger partial charge is 0.416 e. The number of hydrogen-bond donors (Lipinski definition) is 0. The Hall–Kier alpha value is -6.40. The summed E-state index contributed by atoms with van der Waals surface area (Å²) in [5.74, 6) is -5.05. The summed E-state index contributed by atoms with van der Waals surface area (Å²) in [5.41, 5.74) is -9.73. The number of hydrogen-bond acceptors (Lipinski definition) is 4. The maximum Gasteiger partial charge on any atom is 0.416 e. The van der Waals surface area contributed by atoms with E-state index in [-0.39, 0.29) is 47.2 Å². The molecule has 0 heterocycles. The number of halogens is 12. The van der Waals surface area contributed by atoms with Crippen LogP contribution in [0.15, 0.2) is 60.7 Å². The van der Waals surface area contributed by atoms with Crippen molar-refractivity contribution >= 4 is 22.2 Å². The maximum atomic E-state index is 13.7. The topological polar surface area (TPSA) is 74.8 Å². The van der Waals surface area contributed by atoms with Gasteiger partial charge in [-0.2, -0.15) is 52.7 Å². The van der Waals surface area contributed by atoms with Crippen LogP contribution in [0.4, 0.5) is 52.7 Å². The Balaban J connectivity index is 2.31. The van der Waals surface area contributed by atoms with Crippen LogP contribution >= 0.6 is 0 Å². The molecule has 0 atom stereocenters. The molecule has 4 aromatic rings. The highest BCUT2D eigenvalue weighted by atomic mass is 19.4. The Morgan fingerprint density at radius 2 is 0.800 bits per heavy atom. The molecule has 0 saturated carbocycles. The van der Waals surface area contributed by atoms with Crippen LogP contribution in [0, 0.1) is 35.8 Å². The first-order valence-electron chi connectivity index (χ1n) is 13.0. The van der Waals surface area contributed by atoms with Gasteiger partial charge in [0.2, 0.25) is 0 Å². The van der Waals surface area contributed by atoms with Gasteiger partial charge in [-0.3, -0.25) is 0 Å². The van der Waals surface area contributed by atoms with Crippen LogP contribution in [0.25, 0.3) is 31.9 Å². The van der Waals surface area contributed by atoms with Crippen molar-refractivity contribution in [1.29, 1.82) is 10.5 Å². The molecule has 0 N–H and O–H groups in total. The van der Waals surface area contributed by atoms with Crippen LogP contribution in [-0.2, 0) is 24.7 Å². The summed E-state index contributed by atoms with van der Waals surface area (Å²) in [6.07, 6.45) is -21.7. The van der Waals surface area contributed by atoms with Crippen molar-refractivity contribution in [1.82, 2.24) is 0 Å². The van der Waals surface area contributed by atoms with E-state index in [9.17, 15) is 63.2 Å². The molecule has 254 valence electrons. The van der Waals surface area contributed by atoms with Crippen molar-refractivity contribution in [2.24, 2.45) is 0 Å². The lowest BCUT2D eigenvalue weighted by molar-refractivity contribution is -0.144. The van der Waals surface area contributed by atoms with Gasteiger partial charge in [-0.15, -0.1) is 0 Å². The third kappa shape index (κ3) is 7.35. The highest BCUT2D eigenvalue weighted by molar-refractivity contribution is 5.94. The number of ether oxygens (including phenoxy) is 2. The minimum absolute atomic E-state index is 0.0391. The van der Waals surface area contributed by atoms with Crippen molar-refractivity contribution < 1.29 is 62.2 Å². The lowest BCUT2D eigenvalue weighted by atomic mass is 10.0. The normalized spacial score (nSPS) is 13.4. The van der Waals surface area contributed by atoms with Gasteiger partial charge in [0.15, 0.2) is 11.5 Å². The Morgan fingerprint density at radius 1 is 0.520 bits per heavy atom. The number of fused-ring (bicyclic) bond motifs is 1. The first kappa shape index (κ1) is 36.4. The molecule has 4 aromatic carbocycles. The zero-order valence-corrected chi connectivity index (χ0v) is 23.9. The third-order valence-corrected chi connectivity index (χ3v) is 6.60. The second-order valence-electron chi connectivity index (χ2n) is 9.79. The highest BCUT2D eigenvalue weighted by Crippen LogP contribution is 2.43. The molecule has 0 radical (unpaired) electrons. The first-order valence-corrected chi connectivity index (χ1v) is 13.0. The molecule has 0 fully saturated rings. The fourth-order valence-corrected chi connectivity index (χ4v) is 4.54. The number of benzene rings is 4. The average molecular weight is 710 g/mol. The highest BCUT2D eigenvalue weighted by Gasteiger charge is 2.39. The Bertz CT molecular complexity index is 2070. The average Bonchev–Trinajstić information content (AvgIpc) is 3.02. The van der Waals surface area contributed by atoms with Gasteiger partial charge in [0.1, 0.15) is 11.5 Å².